The Kier molecular flexibility index (Phi) is 3.67. The standard InChI is InChI=1S/C15H25NO4/c1-15(2,3)20-14(17)16-10-4-5-11(16)7-12(6-10)18-8-13-9-19-13/h10-13H,4-9H2,1-3H3/t10-,11-,13-/m1/s1. The van der Waals surface area contributed by atoms with Crippen LogP contribution in [0.15, 0.2) is 0 Å². The summed E-state index contributed by atoms with van der Waals surface area (Å²) in [4.78, 5) is 14.3. The molecule has 0 aromatic rings. The first-order chi connectivity index (χ1) is 9.42. The minimum atomic E-state index is -0.423. The van der Waals surface area contributed by atoms with Gasteiger partial charge in [0.1, 0.15) is 11.7 Å². The van der Waals surface area contributed by atoms with Crippen molar-refractivity contribution in [1.82, 2.24) is 4.90 Å². The molecular weight excluding hydrogens is 258 g/mol. The number of amides is 1. The third kappa shape index (κ3) is 3.26. The van der Waals surface area contributed by atoms with Crippen LogP contribution in [0.3, 0.4) is 0 Å². The number of fused-ring (bicyclic) bond motifs is 2. The van der Waals surface area contributed by atoms with Crippen molar-refractivity contribution in [3.05, 3.63) is 0 Å². The van der Waals surface area contributed by atoms with Crippen LogP contribution in [0.25, 0.3) is 0 Å². The minimum Gasteiger partial charge on any atom is -0.444 e. The van der Waals surface area contributed by atoms with Crippen molar-refractivity contribution in [1.29, 1.82) is 0 Å². The van der Waals surface area contributed by atoms with Gasteiger partial charge in [-0.1, -0.05) is 0 Å². The van der Waals surface area contributed by atoms with Crippen LogP contribution in [0.4, 0.5) is 4.79 Å². The van der Waals surface area contributed by atoms with Gasteiger partial charge in [-0.15, -0.1) is 0 Å². The maximum atomic E-state index is 12.3. The van der Waals surface area contributed by atoms with Crippen LogP contribution >= 0.6 is 0 Å². The lowest BCUT2D eigenvalue weighted by Gasteiger charge is -2.39. The monoisotopic (exact) mass is 283 g/mol. The SMILES string of the molecule is CC(C)(C)OC(=O)N1[C@@H]2CC[C@@H]1CC(OC[C@@H]1CO1)C2. The van der Waals surface area contributed by atoms with Crippen LogP contribution in [0, 0.1) is 0 Å². The molecular formula is C15H25NO4. The van der Waals surface area contributed by atoms with Crippen molar-refractivity contribution in [2.45, 2.75) is 76.3 Å². The van der Waals surface area contributed by atoms with Crippen LogP contribution in [0.1, 0.15) is 46.5 Å². The zero-order valence-electron chi connectivity index (χ0n) is 12.6. The summed E-state index contributed by atoms with van der Waals surface area (Å²) in [5.74, 6) is 0. The minimum absolute atomic E-state index is 0.158. The Morgan fingerprint density at radius 2 is 1.85 bits per heavy atom. The highest BCUT2D eigenvalue weighted by Crippen LogP contribution is 2.38. The molecule has 3 saturated heterocycles. The highest BCUT2D eigenvalue weighted by atomic mass is 16.6. The zero-order chi connectivity index (χ0) is 14.3. The van der Waals surface area contributed by atoms with Crippen molar-refractivity contribution in [2.24, 2.45) is 0 Å². The fourth-order valence-electron chi connectivity index (χ4n) is 3.28. The van der Waals surface area contributed by atoms with Crippen LogP contribution in [-0.2, 0) is 14.2 Å². The molecule has 0 spiro atoms. The molecule has 3 aliphatic heterocycles. The van der Waals surface area contributed by atoms with Gasteiger partial charge >= 0.3 is 6.09 Å². The van der Waals surface area contributed by atoms with Crippen LogP contribution in [-0.4, -0.2) is 54.1 Å². The van der Waals surface area contributed by atoms with E-state index in [9.17, 15) is 4.79 Å². The summed E-state index contributed by atoms with van der Waals surface area (Å²) >= 11 is 0. The molecule has 0 unspecified atom stereocenters. The van der Waals surface area contributed by atoms with Crippen LogP contribution in [0.5, 0.6) is 0 Å². The third-order valence-corrected chi connectivity index (χ3v) is 4.21. The highest BCUT2D eigenvalue weighted by Gasteiger charge is 2.45. The predicted molar refractivity (Wildman–Crippen MR) is 73.6 cm³/mol. The van der Waals surface area contributed by atoms with Crippen molar-refractivity contribution >= 4 is 6.09 Å². The van der Waals surface area contributed by atoms with Gasteiger partial charge in [0.05, 0.1) is 19.3 Å². The maximum Gasteiger partial charge on any atom is 0.410 e. The van der Waals surface area contributed by atoms with Gasteiger partial charge in [-0.25, -0.2) is 4.79 Å². The number of rotatable bonds is 3. The topological polar surface area (TPSA) is 51.3 Å². The van der Waals surface area contributed by atoms with Gasteiger partial charge in [-0.05, 0) is 46.5 Å². The molecule has 114 valence electrons. The van der Waals surface area contributed by atoms with Gasteiger partial charge in [0, 0.05) is 12.1 Å². The molecule has 5 nitrogen and oxygen atoms in total. The number of carbonyl (C=O) groups is 1. The molecule has 3 heterocycles. The van der Waals surface area contributed by atoms with Gasteiger partial charge in [0.25, 0.3) is 0 Å². The number of hydrogen-bond acceptors (Lipinski definition) is 4. The second-order valence-corrected chi connectivity index (χ2v) is 7.15. The Labute approximate surface area is 120 Å². The normalized spacial score (nSPS) is 36.0. The molecule has 0 aliphatic carbocycles. The molecule has 5 heteroatoms. The van der Waals surface area contributed by atoms with E-state index in [0.717, 1.165) is 32.3 Å². The number of hydrogen-bond donors (Lipinski definition) is 0. The van der Waals surface area contributed by atoms with Crippen molar-refractivity contribution < 1.29 is 19.0 Å². The number of carbonyl (C=O) groups excluding carboxylic acids is 1. The summed E-state index contributed by atoms with van der Waals surface area (Å²) in [5.41, 5.74) is -0.423. The average molecular weight is 283 g/mol. The molecule has 0 aromatic heterocycles. The van der Waals surface area contributed by atoms with E-state index in [-0.39, 0.29) is 24.3 Å². The second kappa shape index (κ2) is 5.19. The Balaban J connectivity index is 1.55. The molecule has 0 radical (unpaired) electrons. The Bertz CT molecular complexity index is 361. The van der Waals surface area contributed by atoms with Gasteiger partial charge in [0.15, 0.2) is 0 Å². The lowest BCUT2D eigenvalue weighted by molar-refractivity contribution is -0.0372. The summed E-state index contributed by atoms with van der Waals surface area (Å²) in [6.45, 7) is 7.29. The smallest absolute Gasteiger partial charge is 0.410 e. The molecule has 0 aromatic carbocycles. The van der Waals surface area contributed by atoms with E-state index in [4.69, 9.17) is 14.2 Å². The van der Waals surface area contributed by atoms with Gasteiger partial charge in [-0.3, -0.25) is 0 Å². The number of epoxide rings is 1. The molecule has 1 amide bonds. The van der Waals surface area contributed by atoms with Gasteiger partial charge in [0.2, 0.25) is 0 Å². The Morgan fingerprint density at radius 1 is 1.25 bits per heavy atom. The van der Waals surface area contributed by atoms with E-state index in [1.165, 1.54) is 0 Å². The quantitative estimate of drug-likeness (QED) is 0.746. The predicted octanol–water partition coefficient (Wildman–Crippen LogP) is 2.33. The van der Waals surface area contributed by atoms with Crippen LogP contribution < -0.4 is 0 Å². The summed E-state index contributed by atoms with van der Waals surface area (Å²) in [7, 11) is 0. The van der Waals surface area contributed by atoms with Crippen molar-refractivity contribution in [3.63, 3.8) is 0 Å². The van der Waals surface area contributed by atoms with E-state index in [0.29, 0.717) is 12.7 Å². The summed E-state index contributed by atoms with van der Waals surface area (Å²) in [6, 6.07) is 0.572. The largest absolute Gasteiger partial charge is 0.444 e. The fraction of sp³-hybridized carbons (Fsp3) is 0.933. The van der Waals surface area contributed by atoms with E-state index in [2.05, 4.69) is 0 Å². The molecule has 2 bridgehead atoms. The molecule has 3 rings (SSSR count). The number of ether oxygens (including phenoxy) is 3. The number of piperidine rings is 1. The van der Waals surface area contributed by atoms with E-state index in [1.807, 2.05) is 25.7 Å². The Morgan fingerprint density at radius 3 is 2.35 bits per heavy atom. The highest BCUT2D eigenvalue weighted by molar-refractivity contribution is 5.69. The van der Waals surface area contributed by atoms with Crippen molar-refractivity contribution in [2.75, 3.05) is 13.2 Å². The second-order valence-electron chi connectivity index (χ2n) is 7.15. The fourth-order valence-corrected chi connectivity index (χ4v) is 3.28. The summed E-state index contributed by atoms with van der Waals surface area (Å²) < 4.78 is 16.6. The molecule has 3 atom stereocenters. The molecule has 20 heavy (non-hydrogen) atoms. The third-order valence-electron chi connectivity index (χ3n) is 4.21. The molecule has 0 saturated carbocycles. The number of nitrogens with zero attached hydrogens (tertiary/aromatic N) is 1. The molecule has 3 aliphatic rings. The maximum absolute atomic E-state index is 12.3. The van der Waals surface area contributed by atoms with Crippen molar-refractivity contribution in [3.8, 4) is 0 Å². The lowest BCUT2D eigenvalue weighted by atomic mass is 10.0. The summed E-state index contributed by atoms with van der Waals surface area (Å²) in [5, 5.41) is 0. The average Bonchev–Trinajstić information content (AvgIpc) is 3.10. The first kappa shape index (κ1) is 14.1. The van der Waals surface area contributed by atoms with E-state index >= 15 is 0 Å². The molecule has 3 fully saturated rings. The van der Waals surface area contributed by atoms with E-state index < -0.39 is 5.60 Å². The van der Waals surface area contributed by atoms with Gasteiger partial charge in [-0.2, -0.15) is 0 Å². The first-order valence-electron chi connectivity index (χ1n) is 7.67. The first-order valence-corrected chi connectivity index (χ1v) is 7.67. The van der Waals surface area contributed by atoms with Gasteiger partial charge < -0.3 is 19.1 Å². The lowest BCUT2D eigenvalue weighted by Crippen LogP contribution is -2.50. The van der Waals surface area contributed by atoms with Crippen LogP contribution in [0.2, 0.25) is 0 Å². The zero-order valence-corrected chi connectivity index (χ0v) is 12.6. The van der Waals surface area contributed by atoms with E-state index in [1.54, 1.807) is 0 Å². The molecule has 0 N–H and O–H groups in total. The summed E-state index contributed by atoms with van der Waals surface area (Å²) in [6.07, 6.45) is 4.44. The Hall–Kier alpha value is -0.810.